The molecule has 0 saturated heterocycles. The number of aromatic amines is 1. The maximum atomic E-state index is 12.2. The third-order valence-corrected chi connectivity index (χ3v) is 3.34. The first-order chi connectivity index (χ1) is 10.8. The quantitative estimate of drug-likeness (QED) is 0.573. The van der Waals surface area contributed by atoms with Crippen molar-refractivity contribution in [2.45, 2.75) is 0 Å². The number of nitrogens with one attached hydrogen (secondary N) is 2. The number of para-hydroxylation sites is 2. The zero-order valence-electron chi connectivity index (χ0n) is 12.0. The van der Waals surface area contributed by atoms with Crippen LogP contribution in [0.1, 0.15) is 15.9 Å². The molecule has 0 radical (unpaired) electrons. The van der Waals surface area contributed by atoms with Crippen molar-refractivity contribution in [2.24, 2.45) is 5.10 Å². The predicted octanol–water partition coefficient (Wildman–Crippen LogP) is 2.94. The molecular weight excluding hydrogens is 278 g/mol. The van der Waals surface area contributed by atoms with Crippen LogP contribution in [-0.4, -0.2) is 24.2 Å². The summed E-state index contributed by atoms with van der Waals surface area (Å²) in [7, 11) is 1.59. The van der Waals surface area contributed by atoms with E-state index in [1.807, 2.05) is 48.5 Å². The first-order valence-corrected chi connectivity index (χ1v) is 6.82. The molecular formula is C17H15N3O2. The van der Waals surface area contributed by atoms with Crippen LogP contribution in [0.25, 0.3) is 10.9 Å². The summed E-state index contributed by atoms with van der Waals surface area (Å²) in [6.07, 6.45) is 3.24. The molecule has 0 unspecified atom stereocenters. The highest BCUT2D eigenvalue weighted by Gasteiger charge is 2.10. The number of amides is 1. The van der Waals surface area contributed by atoms with E-state index in [-0.39, 0.29) is 5.91 Å². The fourth-order valence-corrected chi connectivity index (χ4v) is 2.25. The molecule has 0 aliphatic rings. The molecule has 0 aliphatic heterocycles. The average Bonchev–Trinajstić information content (AvgIpc) is 2.99. The fourth-order valence-electron chi connectivity index (χ4n) is 2.25. The van der Waals surface area contributed by atoms with Crippen LogP contribution < -0.4 is 10.2 Å². The zero-order valence-corrected chi connectivity index (χ0v) is 12.0. The van der Waals surface area contributed by atoms with E-state index < -0.39 is 0 Å². The highest BCUT2D eigenvalue weighted by atomic mass is 16.5. The van der Waals surface area contributed by atoms with Crippen LogP contribution in [0.3, 0.4) is 0 Å². The Morgan fingerprint density at radius 1 is 1.18 bits per heavy atom. The van der Waals surface area contributed by atoms with Gasteiger partial charge < -0.3 is 9.72 Å². The van der Waals surface area contributed by atoms with Gasteiger partial charge in [-0.3, -0.25) is 4.79 Å². The van der Waals surface area contributed by atoms with Crippen molar-refractivity contribution < 1.29 is 9.53 Å². The second-order valence-corrected chi connectivity index (χ2v) is 4.69. The second-order valence-electron chi connectivity index (χ2n) is 4.69. The number of rotatable bonds is 4. The number of methoxy groups -OCH3 is 1. The zero-order chi connectivity index (χ0) is 15.4. The lowest BCUT2D eigenvalue weighted by atomic mass is 10.2. The van der Waals surface area contributed by atoms with Crippen molar-refractivity contribution in [3.8, 4) is 5.75 Å². The molecule has 110 valence electrons. The van der Waals surface area contributed by atoms with Crippen molar-refractivity contribution >= 4 is 23.0 Å². The van der Waals surface area contributed by atoms with Gasteiger partial charge in [-0.1, -0.05) is 30.3 Å². The number of ether oxygens (including phenoxy) is 1. The lowest BCUT2D eigenvalue weighted by Crippen LogP contribution is -2.17. The van der Waals surface area contributed by atoms with Gasteiger partial charge in [-0.05, 0) is 18.2 Å². The minimum atomic E-state index is -0.261. The summed E-state index contributed by atoms with van der Waals surface area (Å²) in [5, 5.41) is 4.86. The summed E-state index contributed by atoms with van der Waals surface area (Å²) in [6.45, 7) is 0. The number of nitrogens with zero attached hydrogens (tertiary/aromatic N) is 1. The number of carbonyl (C=O) groups is 1. The molecule has 1 heterocycles. The SMILES string of the molecule is COc1ccccc1C=NNC(=O)c1c[nH]c2ccccc12. The lowest BCUT2D eigenvalue weighted by molar-refractivity contribution is 0.0957. The van der Waals surface area contributed by atoms with E-state index in [0.29, 0.717) is 11.3 Å². The summed E-state index contributed by atoms with van der Waals surface area (Å²) in [5.74, 6) is 0.441. The van der Waals surface area contributed by atoms with Gasteiger partial charge in [-0.15, -0.1) is 0 Å². The molecule has 1 amide bonds. The highest BCUT2D eigenvalue weighted by Crippen LogP contribution is 2.17. The Morgan fingerprint density at radius 3 is 2.82 bits per heavy atom. The molecule has 5 heteroatoms. The number of hydrogen-bond acceptors (Lipinski definition) is 3. The average molecular weight is 293 g/mol. The van der Waals surface area contributed by atoms with Gasteiger partial charge >= 0.3 is 0 Å². The van der Waals surface area contributed by atoms with Crippen molar-refractivity contribution in [1.29, 1.82) is 0 Å². The normalized spacial score (nSPS) is 11.0. The second kappa shape index (κ2) is 6.13. The monoisotopic (exact) mass is 293 g/mol. The van der Waals surface area contributed by atoms with E-state index in [0.717, 1.165) is 16.5 Å². The van der Waals surface area contributed by atoms with Crippen LogP contribution in [0.15, 0.2) is 59.8 Å². The largest absolute Gasteiger partial charge is 0.496 e. The molecule has 2 N–H and O–H groups in total. The Bertz CT molecular complexity index is 837. The molecule has 0 atom stereocenters. The molecule has 3 aromatic rings. The van der Waals surface area contributed by atoms with Crippen molar-refractivity contribution in [2.75, 3.05) is 7.11 Å². The van der Waals surface area contributed by atoms with E-state index in [9.17, 15) is 4.79 Å². The van der Waals surface area contributed by atoms with Gasteiger partial charge in [0.15, 0.2) is 0 Å². The van der Waals surface area contributed by atoms with Crippen molar-refractivity contribution in [1.82, 2.24) is 10.4 Å². The summed E-state index contributed by atoms with van der Waals surface area (Å²) in [6, 6.07) is 15.1. The van der Waals surface area contributed by atoms with Gasteiger partial charge in [0, 0.05) is 22.7 Å². The van der Waals surface area contributed by atoms with Crippen LogP contribution >= 0.6 is 0 Å². The van der Waals surface area contributed by atoms with Gasteiger partial charge in [0.2, 0.25) is 0 Å². The maximum Gasteiger partial charge on any atom is 0.273 e. The number of hydrazone groups is 1. The topological polar surface area (TPSA) is 66.5 Å². The van der Waals surface area contributed by atoms with Gasteiger partial charge in [0.05, 0.1) is 18.9 Å². The Balaban J connectivity index is 1.76. The maximum absolute atomic E-state index is 12.2. The number of aromatic nitrogens is 1. The van der Waals surface area contributed by atoms with Gasteiger partial charge in [0.1, 0.15) is 5.75 Å². The molecule has 5 nitrogen and oxygen atoms in total. The van der Waals surface area contributed by atoms with Crippen LogP contribution in [0, 0.1) is 0 Å². The molecule has 0 fully saturated rings. The van der Waals surface area contributed by atoms with Gasteiger partial charge in [0.25, 0.3) is 5.91 Å². The summed E-state index contributed by atoms with van der Waals surface area (Å²) < 4.78 is 5.22. The van der Waals surface area contributed by atoms with Crippen LogP contribution in [-0.2, 0) is 0 Å². The van der Waals surface area contributed by atoms with E-state index in [1.165, 1.54) is 0 Å². The minimum absolute atomic E-state index is 0.261. The summed E-state index contributed by atoms with van der Waals surface area (Å²) in [4.78, 5) is 15.3. The predicted molar refractivity (Wildman–Crippen MR) is 86.4 cm³/mol. The van der Waals surface area contributed by atoms with E-state index in [4.69, 9.17) is 4.74 Å². The number of hydrogen-bond donors (Lipinski definition) is 2. The number of fused-ring (bicyclic) bond motifs is 1. The summed E-state index contributed by atoms with van der Waals surface area (Å²) >= 11 is 0. The number of benzene rings is 2. The van der Waals surface area contributed by atoms with E-state index in [2.05, 4.69) is 15.5 Å². The van der Waals surface area contributed by atoms with Crippen LogP contribution in [0.2, 0.25) is 0 Å². The minimum Gasteiger partial charge on any atom is -0.496 e. The molecule has 22 heavy (non-hydrogen) atoms. The summed E-state index contributed by atoms with van der Waals surface area (Å²) in [5.41, 5.74) is 4.81. The number of H-pyrrole nitrogens is 1. The lowest BCUT2D eigenvalue weighted by Gasteiger charge is -2.03. The Hall–Kier alpha value is -3.08. The molecule has 1 aromatic heterocycles. The van der Waals surface area contributed by atoms with Crippen molar-refractivity contribution in [3.05, 3.63) is 65.9 Å². The van der Waals surface area contributed by atoms with Crippen molar-refractivity contribution in [3.63, 3.8) is 0 Å². The molecule has 0 saturated carbocycles. The molecule has 0 spiro atoms. The van der Waals surface area contributed by atoms with Crippen LogP contribution in [0.4, 0.5) is 0 Å². The fraction of sp³-hybridized carbons (Fsp3) is 0.0588. The third-order valence-electron chi connectivity index (χ3n) is 3.34. The van der Waals surface area contributed by atoms with Gasteiger partial charge in [-0.2, -0.15) is 5.10 Å². The Labute approximate surface area is 127 Å². The van der Waals surface area contributed by atoms with E-state index >= 15 is 0 Å². The molecule has 0 bridgehead atoms. The molecule has 3 rings (SSSR count). The number of carbonyl (C=O) groups excluding carboxylic acids is 1. The Morgan fingerprint density at radius 2 is 1.95 bits per heavy atom. The highest BCUT2D eigenvalue weighted by molar-refractivity contribution is 6.06. The van der Waals surface area contributed by atoms with Crippen LogP contribution in [0.5, 0.6) is 5.75 Å². The smallest absolute Gasteiger partial charge is 0.273 e. The first kappa shape index (κ1) is 13.9. The first-order valence-electron chi connectivity index (χ1n) is 6.82. The Kier molecular flexibility index (Phi) is 3.87. The standard InChI is InChI=1S/C17H15N3O2/c1-22-16-9-5-2-6-12(16)10-19-20-17(21)14-11-18-15-8-4-3-7-13(14)15/h2-11,18H,1H3,(H,20,21). The molecule has 0 aliphatic carbocycles. The van der Waals surface area contributed by atoms with Gasteiger partial charge in [-0.25, -0.2) is 5.43 Å². The third kappa shape index (κ3) is 2.69. The molecule has 2 aromatic carbocycles. The van der Waals surface area contributed by atoms with E-state index in [1.54, 1.807) is 19.5 Å².